The third-order valence-electron chi connectivity index (χ3n) is 11.7. The first-order valence-electron chi connectivity index (χ1n) is 20.4. The molecule has 6 rings (SSSR count). The van der Waals surface area contributed by atoms with Gasteiger partial charge in [-0.15, -0.1) is 0 Å². The molecule has 0 radical (unpaired) electrons. The molecule has 0 fully saturated rings. The standard InChI is InChI=1S/C47H52N2O10S2/c1-46(2)40(48(28-14-8-12-18-42(50)51)38-26-20-32-30-34(60(54,55)56)22-24-36(32)44(38)46)16-10-6-5-7-11-17-41-47(3,4)45-37-25-23-35(61(57,58)59)31-33(37)21-27-39(45)49(41)29-15-9-13-19-43(52)53/h5-7,10-11,16-17,20-27,30-31H,8-9,12-15,18-19,28-29H2,1-4H3,(H3-,50,51,52,53,54,55,56,57,58,59)/p-1. The minimum Gasteiger partial charge on any atom is -0.744 e. The number of rotatable bonds is 18. The highest BCUT2D eigenvalue weighted by molar-refractivity contribution is 7.86. The molecule has 2 heterocycles. The van der Waals surface area contributed by atoms with Crippen molar-refractivity contribution in [2.75, 3.05) is 18.0 Å². The minimum atomic E-state index is -4.63. The van der Waals surface area contributed by atoms with E-state index in [-0.39, 0.29) is 22.6 Å². The molecule has 2 N–H and O–H groups in total. The molecule has 4 aromatic carbocycles. The maximum atomic E-state index is 11.8. The fourth-order valence-electron chi connectivity index (χ4n) is 8.87. The molecule has 14 heteroatoms. The van der Waals surface area contributed by atoms with Crippen molar-refractivity contribution in [2.45, 2.75) is 99.7 Å². The summed E-state index contributed by atoms with van der Waals surface area (Å²) in [5.74, 6) is -1.65. The Morgan fingerprint density at radius 3 is 1.79 bits per heavy atom. The van der Waals surface area contributed by atoms with Gasteiger partial charge in [-0.25, -0.2) is 16.8 Å². The van der Waals surface area contributed by atoms with Crippen LogP contribution in [-0.2, 0) is 40.7 Å². The Morgan fingerprint density at radius 1 is 0.656 bits per heavy atom. The largest absolute Gasteiger partial charge is 0.744 e. The summed E-state index contributed by atoms with van der Waals surface area (Å²) in [5.41, 5.74) is 4.98. The molecule has 61 heavy (non-hydrogen) atoms. The topological polar surface area (TPSA) is 195 Å². The average molecular weight is 868 g/mol. The van der Waals surface area contributed by atoms with Crippen LogP contribution in [0.15, 0.2) is 119 Å². The quantitative estimate of drug-likeness (QED) is 0.0420. The molecule has 2 aliphatic heterocycles. The van der Waals surface area contributed by atoms with Gasteiger partial charge in [0.15, 0.2) is 5.71 Å². The molecule has 2 aliphatic rings. The maximum Gasteiger partial charge on any atom is 0.303 e. The van der Waals surface area contributed by atoms with Crippen molar-refractivity contribution in [2.24, 2.45) is 0 Å². The minimum absolute atomic E-state index is 0.107. The van der Waals surface area contributed by atoms with Crippen molar-refractivity contribution in [3.05, 3.63) is 120 Å². The van der Waals surface area contributed by atoms with Gasteiger partial charge in [0.05, 0.1) is 15.2 Å². The number of anilines is 1. The van der Waals surface area contributed by atoms with Gasteiger partial charge < -0.3 is 24.2 Å². The lowest BCUT2D eigenvalue weighted by molar-refractivity contribution is -0.438. The molecule has 0 saturated carbocycles. The van der Waals surface area contributed by atoms with Crippen LogP contribution in [0.5, 0.6) is 0 Å². The first kappa shape index (κ1) is 45.1. The van der Waals surface area contributed by atoms with Crippen LogP contribution in [0.25, 0.3) is 21.5 Å². The van der Waals surface area contributed by atoms with Crippen LogP contribution in [0.2, 0.25) is 0 Å². The Balaban J connectivity index is 1.28. The SMILES string of the molecule is CC1(C)C(/C=C/C=C/C=C/C=C2/N(CCCCCC(=O)O)c3ccc4cc(S(=O)(=O)[O-])ccc4c3C2(C)C)=[N+](CCCCCC(=O)O)c2ccc3cc(S(=O)(=O)[O-])ccc3c21. The van der Waals surface area contributed by atoms with Gasteiger partial charge >= 0.3 is 11.9 Å². The summed E-state index contributed by atoms with van der Waals surface area (Å²) in [5, 5.41) is 21.2. The average Bonchev–Trinajstić information content (AvgIpc) is 3.53. The second-order valence-electron chi connectivity index (χ2n) is 16.6. The summed E-state index contributed by atoms with van der Waals surface area (Å²) < 4.78 is 73.1. The first-order chi connectivity index (χ1) is 28.7. The number of aliphatic carboxylic acids is 2. The van der Waals surface area contributed by atoms with Gasteiger partial charge in [0.25, 0.3) is 0 Å². The number of carboxylic acid groups (broad SMARTS) is 2. The molecule has 0 atom stereocenters. The van der Waals surface area contributed by atoms with Gasteiger partial charge in [0, 0.05) is 60.3 Å². The normalized spacial score (nSPS) is 16.9. The van der Waals surface area contributed by atoms with Crippen molar-refractivity contribution in [3.8, 4) is 0 Å². The number of unbranched alkanes of at least 4 members (excludes halogenated alkanes) is 4. The Hall–Kier alpha value is -5.41. The molecular weight excluding hydrogens is 817 g/mol. The molecule has 0 aliphatic carbocycles. The predicted molar refractivity (Wildman–Crippen MR) is 235 cm³/mol. The van der Waals surface area contributed by atoms with Crippen LogP contribution in [0.4, 0.5) is 11.4 Å². The van der Waals surface area contributed by atoms with Crippen LogP contribution in [0.1, 0.15) is 90.2 Å². The first-order valence-corrected chi connectivity index (χ1v) is 23.2. The number of carboxylic acids is 2. The van der Waals surface area contributed by atoms with E-state index in [1.165, 1.54) is 24.3 Å². The second-order valence-corrected chi connectivity index (χ2v) is 19.4. The van der Waals surface area contributed by atoms with E-state index in [1.54, 1.807) is 12.1 Å². The van der Waals surface area contributed by atoms with Crippen LogP contribution in [0.3, 0.4) is 0 Å². The van der Waals surface area contributed by atoms with Crippen molar-refractivity contribution < 1.29 is 50.3 Å². The highest BCUT2D eigenvalue weighted by Crippen LogP contribution is 2.51. The summed E-state index contributed by atoms with van der Waals surface area (Å²) in [6, 6.07) is 16.5. The summed E-state index contributed by atoms with van der Waals surface area (Å²) in [6.07, 6.45) is 18.2. The molecular formula is C47H51N2O10S2-. The molecule has 322 valence electrons. The Kier molecular flexibility index (Phi) is 13.2. The van der Waals surface area contributed by atoms with Crippen molar-refractivity contribution in [1.82, 2.24) is 0 Å². The fourth-order valence-corrected chi connectivity index (χ4v) is 9.88. The molecule has 4 aromatic rings. The van der Waals surface area contributed by atoms with E-state index in [4.69, 9.17) is 10.2 Å². The van der Waals surface area contributed by atoms with Crippen molar-refractivity contribution in [3.63, 3.8) is 0 Å². The van der Waals surface area contributed by atoms with Gasteiger partial charge in [-0.05, 0) is 109 Å². The van der Waals surface area contributed by atoms with E-state index >= 15 is 0 Å². The number of allylic oxidation sites excluding steroid dienone is 8. The number of hydrogen-bond donors (Lipinski definition) is 2. The molecule has 0 unspecified atom stereocenters. The Morgan fingerprint density at radius 2 is 1.20 bits per heavy atom. The van der Waals surface area contributed by atoms with Crippen LogP contribution >= 0.6 is 0 Å². The highest BCUT2D eigenvalue weighted by atomic mass is 32.2. The van der Waals surface area contributed by atoms with E-state index in [0.717, 1.165) is 70.4 Å². The van der Waals surface area contributed by atoms with Gasteiger partial charge in [-0.1, -0.05) is 68.8 Å². The summed E-state index contributed by atoms with van der Waals surface area (Å²) >= 11 is 0. The van der Waals surface area contributed by atoms with E-state index < -0.39 is 43.0 Å². The van der Waals surface area contributed by atoms with E-state index in [1.807, 2.05) is 54.6 Å². The lowest BCUT2D eigenvalue weighted by Gasteiger charge is -2.27. The smallest absolute Gasteiger partial charge is 0.303 e. The summed E-state index contributed by atoms with van der Waals surface area (Å²) in [6.45, 7) is 9.72. The molecule has 0 bridgehead atoms. The lowest BCUT2D eigenvalue weighted by Crippen LogP contribution is -2.28. The zero-order valence-corrected chi connectivity index (χ0v) is 36.4. The van der Waals surface area contributed by atoms with E-state index in [0.29, 0.717) is 36.7 Å². The van der Waals surface area contributed by atoms with Crippen LogP contribution in [0, 0.1) is 0 Å². The third kappa shape index (κ3) is 9.73. The molecule has 0 spiro atoms. The van der Waals surface area contributed by atoms with Crippen LogP contribution in [-0.4, -0.2) is 71.5 Å². The van der Waals surface area contributed by atoms with Crippen molar-refractivity contribution >= 4 is 70.8 Å². The maximum absolute atomic E-state index is 11.8. The molecule has 12 nitrogen and oxygen atoms in total. The van der Waals surface area contributed by atoms with Gasteiger partial charge in [-0.3, -0.25) is 9.59 Å². The zero-order valence-electron chi connectivity index (χ0n) is 34.8. The zero-order chi connectivity index (χ0) is 44.3. The molecule has 0 aromatic heterocycles. The summed E-state index contributed by atoms with van der Waals surface area (Å²) in [4.78, 5) is 23.9. The van der Waals surface area contributed by atoms with E-state index in [9.17, 15) is 35.5 Å². The number of hydrogen-bond acceptors (Lipinski definition) is 9. The van der Waals surface area contributed by atoms with Crippen molar-refractivity contribution in [1.29, 1.82) is 0 Å². The number of fused-ring (bicyclic) bond motifs is 6. The molecule has 0 amide bonds. The van der Waals surface area contributed by atoms with Gasteiger partial charge in [0.1, 0.15) is 26.8 Å². The van der Waals surface area contributed by atoms with Gasteiger partial charge in [-0.2, -0.15) is 4.58 Å². The predicted octanol–water partition coefficient (Wildman–Crippen LogP) is 8.82. The number of nitrogens with zero attached hydrogens (tertiary/aromatic N) is 2. The van der Waals surface area contributed by atoms with E-state index in [2.05, 4.69) is 49.3 Å². The third-order valence-corrected chi connectivity index (χ3v) is 13.4. The second kappa shape index (κ2) is 17.9. The highest BCUT2D eigenvalue weighted by Gasteiger charge is 2.45. The fraction of sp³-hybridized carbons (Fsp3) is 0.340. The number of benzene rings is 4. The number of carbonyl (C=O) groups is 2. The monoisotopic (exact) mass is 867 g/mol. The Bertz CT molecular complexity index is 2780. The molecule has 0 saturated heterocycles. The lowest BCUT2D eigenvalue weighted by atomic mass is 9.79. The Labute approximate surface area is 357 Å². The van der Waals surface area contributed by atoms with Gasteiger partial charge in [0.2, 0.25) is 5.69 Å². The van der Waals surface area contributed by atoms with Crippen LogP contribution < -0.4 is 4.90 Å². The summed E-state index contributed by atoms with van der Waals surface area (Å²) in [7, 11) is -9.26.